The fraction of sp³-hybridized carbons (Fsp3) is 0.250. The molecular formula is C20H18N4O5S. The normalized spacial score (nSPS) is 18.3. The van der Waals surface area contributed by atoms with Crippen molar-refractivity contribution >= 4 is 52.2 Å². The molecule has 3 heterocycles. The number of rotatable bonds is 5. The number of anilines is 2. The standard InChI is InChI=1S/C20H18N4O5S/c1-10-7-11(9-30-10)22-16(26)8-21-13-4-2-3-12-17(13)20(29)24(19(12)28)14-5-6-15(25)23-18(14)27/h2-4,7,9,14,21H,5-6,8H2,1H3,(H,22,26)(H,23,25,27). The lowest BCUT2D eigenvalue weighted by Gasteiger charge is -2.27. The molecule has 2 aliphatic rings. The van der Waals surface area contributed by atoms with Crippen molar-refractivity contribution in [3.05, 3.63) is 45.6 Å². The Labute approximate surface area is 175 Å². The van der Waals surface area contributed by atoms with Crippen LogP contribution >= 0.6 is 11.3 Å². The van der Waals surface area contributed by atoms with Crippen LogP contribution in [-0.4, -0.2) is 47.0 Å². The molecule has 0 saturated carbocycles. The molecule has 1 aromatic carbocycles. The van der Waals surface area contributed by atoms with Gasteiger partial charge in [0.25, 0.3) is 11.8 Å². The zero-order chi connectivity index (χ0) is 21.4. The lowest BCUT2D eigenvalue weighted by atomic mass is 10.0. The molecule has 1 saturated heterocycles. The number of thiophene rings is 1. The largest absolute Gasteiger partial charge is 0.375 e. The number of hydrogen-bond donors (Lipinski definition) is 3. The Bertz CT molecular complexity index is 1090. The molecule has 0 aliphatic carbocycles. The van der Waals surface area contributed by atoms with E-state index in [9.17, 15) is 24.0 Å². The van der Waals surface area contributed by atoms with Gasteiger partial charge in [-0.25, -0.2) is 0 Å². The van der Waals surface area contributed by atoms with Crippen LogP contribution in [0.2, 0.25) is 0 Å². The van der Waals surface area contributed by atoms with Crippen molar-refractivity contribution in [2.24, 2.45) is 0 Å². The summed E-state index contributed by atoms with van der Waals surface area (Å²) in [4.78, 5) is 63.5. The second-order valence-electron chi connectivity index (χ2n) is 7.02. The fourth-order valence-electron chi connectivity index (χ4n) is 3.55. The summed E-state index contributed by atoms with van der Waals surface area (Å²) in [5.74, 6) is -2.61. The molecule has 9 nitrogen and oxygen atoms in total. The third-order valence-electron chi connectivity index (χ3n) is 4.92. The van der Waals surface area contributed by atoms with E-state index in [0.29, 0.717) is 11.4 Å². The summed E-state index contributed by atoms with van der Waals surface area (Å²) in [5, 5.41) is 9.64. The van der Waals surface area contributed by atoms with Crippen LogP contribution in [0, 0.1) is 6.92 Å². The molecule has 1 unspecified atom stereocenters. The zero-order valence-corrected chi connectivity index (χ0v) is 16.8. The molecule has 4 rings (SSSR count). The van der Waals surface area contributed by atoms with E-state index in [4.69, 9.17) is 0 Å². The molecule has 10 heteroatoms. The van der Waals surface area contributed by atoms with Crippen LogP contribution in [0.15, 0.2) is 29.6 Å². The van der Waals surface area contributed by atoms with Crippen molar-refractivity contribution in [1.82, 2.24) is 10.2 Å². The molecular weight excluding hydrogens is 408 g/mol. The summed E-state index contributed by atoms with van der Waals surface area (Å²) in [6, 6.07) is 5.51. The Hall–Kier alpha value is -3.53. The van der Waals surface area contributed by atoms with Gasteiger partial charge in [-0.15, -0.1) is 11.3 Å². The Balaban J connectivity index is 1.51. The number of nitrogens with one attached hydrogen (secondary N) is 3. The summed E-state index contributed by atoms with van der Waals surface area (Å²) in [7, 11) is 0. The third-order valence-corrected chi connectivity index (χ3v) is 5.78. The maximum Gasteiger partial charge on any atom is 0.264 e. The van der Waals surface area contributed by atoms with Crippen molar-refractivity contribution in [3.63, 3.8) is 0 Å². The van der Waals surface area contributed by atoms with Crippen molar-refractivity contribution in [1.29, 1.82) is 0 Å². The Morgan fingerprint density at radius 3 is 2.73 bits per heavy atom. The van der Waals surface area contributed by atoms with Crippen molar-refractivity contribution in [2.75, 3.05) is 17.2 Å². The van der Waals surface area contributed by atoms with Crippen LogP contribution < -0.4 is 16.0 Å². The van der Waals surface area contributed by atoms with Gasteiger partial charge in [0.05, 0.1) is 23.4 Å². The van der Waals surface area contributed by atoms with Crippen LogP contribution in [0.4, 0.5) is 11.4 Å². The van der Waals surface area contributed by atoms with Crippen molar-refractivity contribution in [2.45, 2.75) is 25.8 Å². The van der Waals surface area contributed by atoms with E-state index in [1.54, 1.807) is 12.1 Å². The van der Waals surface area contributed by atoms with E-state index >= 15 is 0 Å². The third kappa shape index (κ3) is 3.57. The lowest BCUT2D eigenvalue weighted by Crippen LogP contribution is -2.54. The number of carbonyl (C=O) groups is 5. The lowest BCUT2D eigenvalue weighted by molar-refractivity contribution is -0.136. The first kappa shape index (κ1) is 19.8. The Morgan fingerprint density at radius 2 is 2.03 bits per heavy atom. The molecule has 0 spiro atoms. The van der Waals surface area contributed by atoms with Gasteiger partial charge in [0.15, 0.2) is 0 Å². The molecule has 0 bridgehead atoms. The highest BCUT2D eigenvalue weighted by atomic mass is 32.1. The minimum Gasteiger partial charge on any atom is -0.375 e. The van der Waals surface area contributed by atoms with Gasteiger partial charge in [-0.2, -0.15) is 0 Å². The smallest absolute Gasteiger partial charge is 0.264 e. The number of hydrogen-bond acceptors (Lipinski definition) is 7. The van der Waals surface area contributed by atoms with Gasteiger partial charge < -0.3 is 10.6 Å². The molecule has 3 N–H and O–H groups in total. The maximum atomic E-state index is 13.0. The van der Waals surface area contributed by atoms with Crippen LogP contribution in [0.1, 0.15) is 38.4 Å². The van der Waals surface area contributed by atoms with Gasteiger partial charge in [0.1, 0.15) is 6.04 Å². The first-order valence-corrected chi connectivity index (χ1v) is 10.2. The highest BCUT2D eigenvalue weighted by molar-refractivity contribution is 7.10. The first-order chi connectivity index (χ1) is 14.3. The number of fused-ring (bicyclic) bond motifs is 1. The van der Waals surface area contributed by atoms with Crippen LogP contribution in [0.5, 0.6) is 0 Å². The predicted octanol–water partition coefficient (Wildman–Crippen LogP) is 1.51. The van der Waals surface area contributed by atoms with Crippen molar-refractivity contribution in [3.8, 4) is 0 Å². The minimum atomic E-state index is -1.03. The minimum absolute atomic E-state index is 0.0527. The average Bonchev–Trinajstić information content (AvgIpc) is 3.22. The summed E-state index contributed by atoms with van der Waals surface area (Å²) >= 11 is 1.52. The number of amides is 5. The van der Waals surface area contributed by atoms with Gasteiger partial charge in [0, 0.05) is 22.4 Å². The fourth-order valence-corrected chi connectivity index (χ4v) is 4.19. The second kappa shape index (κ2) is 7.71. The Morgan fingerprint density at radius 1 is 1.23 bits per heavy atom. The van der Waals surface area contributed by atoms with E-state index in [0.717, 1.165) is 9.78 Å². The summed E-state index contributed by atoms with van der Waals surface area (Å²) in [6.45, 7) is 1.83. The molecule has 5 amide bonds. The number of imide groups is 2. The highest BCUT2D eigenvalue weighted by Crippen LogP contribution is 2.32. The zero-order valence-electron chi connectivity index (χ0n) is 16.0. The molecule has 2 aromatic rings. The summed E-state index contributed by atoms with van der Waals surface area (Å²) in [5.41, 5.74) is 1.30. The average molecular weight is 426 g/mol. The summed E-state index contributed by atoms with van der Waals surface area (Å²) in [6.07, 6.45) is 0.137. The van der Waals surface area contributed by atoms with E-state index in [1.807, 2.05) is 18.4 Å². The highest BCUT2D eigenvalue weighted by Gasteiger charge is 2.45. The molecule has 154 valence electrons. The SMILES string of the molecule is Cc1cc(NC(=O)CNc2cccc3c2C(=O)N(C2CCC(=O)NC2=O)C3=O)cs1. The topological polar surface area (TPSA) is 125 Å². The van der Waals surface area contributed by atoms with E-state index in [2.05, 4.69) is 16.0 Å². The van der Waals surface area contributed by atoms with E-state index < -0.39 is 29.7 Å². The van der Waals surface area contributed by atoms with Gasteiger partial charge in [-0.05, 0) is 31.5 Å². The van der Waals surface area contributed by atoms with Gasteiger partial charge in [0.2, 0.25) is 17.7 Å². The van der Waals surface area contributed by atoms with E-state index in [1.165, 1.54) is 17.4 Å². The summed E-state index contributed by atoms with van der Waals surface area (Å²) < 4.78 is 0. The Kier molecular flexibility index (Phi) is 5.08. The molecule has 1 aromatic heterocycles. The number of benzene rings is 1. The van der Waals surface area contributed by atoms with E-state index in [-0.39, 0.29) is 36.4 Å². The quantitative estimate of drug-likeness (QED) is 0.623. The number of piperidine rings is 1. The van der Waals surface area contributed by atoms with Gasteiger partial charge in [-0.1, -0.05) is 6.07 Å². The molecule has 2 aliphatic heterocycles. The molecule has 1 atom stereocenters. The number of nitrogens with zero attached hydrogens (tertiary/aromatic N) is 1. The van der Waals surface area contributed by atoms with Gasteiger partial charge in [-0.3, -0.25) is 34.2 Å². The van der Waals surface area contributed by atoms with Crippen LogP contribution in [0.25, 0.3) is 0 Å². The molecule has 0 radical (unpaired) electrons. The molecule has 1 fully saturated rings. The number of aryl methyl sites for hydroxylation is 1. The van der Waals surface area contributed by atoms with Crippen LogP contribution in [0.3, 0.4) is 0 Å². The van der Waals surface area contributed by atoms with Gasteiger partial charge >= 0.3 is 0 Å². The maximum absolute atomic E-state index is 13.0. The van der Waals surface area contributed by atoms with Crippen molar-refractivity contribution < 1.29 is 24.0 Å². The molecule has 30 heavy (non-hydrogen) atoms. The number of carbonyl (C=O) groups excluding carboxylic acids is 5. The second-order valence-corrected chi connectivity index (χ2v) is 8.14. The first-order valence-electron chi connectivity index (χ1n) is 9.28. The predicted molar refractivity (Wildman–Crippen MR) is 109 cm³/mol. The monoisotopic (exact) mass is 426 g/mol. The van der Waals surface area contributed by atoms with Crippen LogP contribution in [-0.2, 0) is 14.4 Å².